The van der Waals surface area contributed by atoms with Crippen LogP contribution in [0.3, 0.4) is 0 Å². The summed E-state index contributed by atoms with van der Waals surface area (Å²) in [6.45, 7) is 0. The Kier molecular flexibility index (Phi) is 7.15. The van der Waals surface area contributed by atoms with Gasteiger partial charge in [0.05, 0.1) is 0 Å². The Hall–Kier alpha value is -2.18. The van der Waals surface area contributed by atoms with E-state index in [2.05, 4.69) is 0 Å². The first kappa shape index (κ1) is 24.5. The molecule has 3 rings (SSSR count). The predicted molar refractivity (Wildman–Crippen MR) is 96.0 cm³/mol. The maximum atomic E-state index is 14.6. The molecule has 3 aromatic carbocycles. The van der Waals surface area contributed by atoms with Gasteiger partial charge in [-0.15, -0.1) is 0 Å². The summed E-state index contributed by atoms with van der Waals surface area (Å²) in [6.07, 6.45) is 0. The molecule has 0 atom stereocenters. The van der Waals surface area contributed by atoms with Crippen molar-refractivity contribution < 1.29 is 43.9 Å². The van der Waals surface area contributed by atoms with Gasteiger partial charge in [-0.05, 0) is 11.6 Å². The van der Waals surface area contributed by atoms with Crippen molar-refractivity contribution in [3.63, 3.8) is 0 Å². The number of rotatable bonds is 5. The average molecular weight is 498 g/mol. The lowest BCUT2D eigenvalue weighted by Crippen LogP contribution is -2.22. The van der Waals surface area contributed by atoms with Crippen molar-refractivity contribution in [2.45, 2.75) is 4.55 Å². The SMILES string of the molecule is Fc1c(F)c(F)c(N(c2ccccc2[CH2][Mg][Cl])c2c(F)c(F)c(F)c(F)c2F)c(F)c1F. The molecule has 0 amide bonds. The van der Waals surface area contributed by atoms with Crippen LogP contribution in [0.1, 0.15) is 5.56 Å². The standard InChI is InChI=1S/C19H6F10N.ClH.Mg/c1-6-4-2-3-5-7(6)30(18-14(26)10(22)8(20)11(23)15(18)27)19-16(28)12(24)9(21)13(25)17(19)29;;/h2-5H,1H2;1H;/q;;+1/p-1. The quantitative estimate of drug-likeness (QED) is 0.160. The third kappa shape index (κ3) is 3.88. The van der Waals surface area contributed by atoms with E-state index in [4.69, 9.17) is 9.07 Å². The monoisotopic (exact) mass is 497 g/mol. The summed E-state index contributed by atoms with van der Waals surface area (Å²) in [5.74, 6) is -25.3. The Labute approximate surface area is 186 Å². The maximum absolute atomic E-state index is 14.6. The van der Waals surface area contributed by atoms with Gasteiger partial charge in [0.15, 0.2) is 46.5 Å². The fourth-order valence-electron chi connectivity index (χ4n) is 2.97. The first-order chi connectivity index (χ1) is 15.0. The van der Waals surface area contributed by atoms with E-state index in [1.165, 1.54) is 12.1 Å². The molecule has 0 bridgehead atoms. The highest BCUT2D eigenvalue weighted by Gasteiger charge is 2.37. The molecule has 0 saturated carbocycles. The van der Waals surface area contributed by atoms with Crippen molar-refractivity contribution in [2.75, 3.05) is 4.90 Å². The van der Waals surface area contributed by atoms with Crippen molar-refractivity contribution in [1.82, 2.24) is 0 Å². The number of hydrogen-bond donors (Lipinski definition) is 0. The molecule has 166 valence electrons. The Morgan fingerprint density at radius 2 is 0.906 bits per heavy atom. The molecule has 0 heterocycles. The van der Waals surface area contributed by atoms with Gasteiger partial charge in [0.2, 0.25) is 11.6 Å². The number of anilines is 3. The van der Waals surface area contributed by atoms with Crippen LogP contribution in [0.2, 0.25) is 0 Å². The summed E-state index contributed by atoms with van der Waals surface area (Å²) in [5, 5.41) is 0. The molecule has 0 aliphatic heterocycles. The minimum atomic E-state index is -2.58. The molecular weight excluding hydrogens is 492 g/mol. The predicted octanol–water partition coefficient (Wildman–Crippen LogP) is 6.91. The molecule has 1 nitrogen and oxygen atoms in total. The third-order valence-electron chi connectivity index (χ3n) is 4.42. The zero-order valence-electron chi connectivity index (χ0n) is 15.3. The molecule has 13 heteroatoms. The van der Waals surface area contributed by atoms with E-state index in [1.54, 1.807) is 0 Å². The zero-order chi connectivity index (χ0) is 23.9. The largest absolute Gasteiger partial charge is 0.505 e. The van der Waals surface area contributed by atoms with E-state index in [0.717, 1.165) is 12.1 Å². The molecule has 0 unspecified atom stereocenters. The Balaban J connectivity index is 2.54. The van der Waals surface area contributed by atoms with Crippen LogP contribution in [-0.4, -0.2) is 19.3 Å². The smallest absolute Gasteiger partial charge is 0.345 e. The molecule has 32 heavy (non-hydrogen) atoms. The fraction of sp³-hybridized carbons (Fsp3) is 0.0526. The lowest BCUT2D eigenvalue weighted by molar-refractivity contribution is 0.375. The molecule has 0 aromatic heterocycles. The van der Waals surface area contributed by atoms with Crippen LogP contribution in [0.15, 0.2) is 24.3 Å². The molecular formula is C19H6ClF10MgN. The number of hydrogen-bond acceptors (Lipinski definition) is 1. The Morgan fingerprint density at radius 1 is 0.562 bits per heavy atom. The molecule has 0 fully saturated rings. The Bertz CT molecular complexity index is 1090. The lowest BCUT2D eigenvalue weighted by Gasteiger charge is -2.29. The van der Waals surface area contributed by atoms with E-state index in [-0.39, 0.29) is 15.0 Å². The van der Waals surface area contributed by atoms with E-state index < -0.39 is 94.5 Å². The summed E-state index contributed by atoms with van der Waals surface area (Å²) in [5.41, 5.74) is -4.48. The second-order valence-electron chi connectivity index (χ2n) is 6.24. The zero-order valence-corrected chi connectivity index (χ0v) is 17.5. The van der Waals surface area contributed by atoms with Crippen molar-refractivity contribution in [1.29, 1.82) is 0 Å². The fourth-order valence-corrected chi connectivity index (χ4v) is 4.21. The van der Waals surface area contributed by atoms with Crippen LogP contribution in [0.4, 0.5) is 61.0 Å². The van der Waals surface area contributed by atoms with Gasteiger partial charge in [-0.1, -0.05) is 22.7 Å². The lowest BCUT2D eigenvalue weighted by atomic mass is 10.1. The van der Waals surface area contributed by atoms with Gasteiger partial charge in [-0.25, -0.2) is 43.9 Å². The van der Waals surface area contributed by atoms with Gasteiger partial charge < -0.3 is 9.07 Å². The summed E-state index contributed by atoms with van der Waals surface area (Å²) >= 11 is -1.43. The molecule has 0 radical (unpaired) electrons. The normalized spacial score (nSPS) is 11.0. The number of benzene rings is 3. The van der Waals surface area contributed by atoms with E-state index >= 15 is 0 Å². The van der Waals surface area contributed by atoms with Crippen molar-refractivity contribution >= 4 is 45.4 Å². The molecule has 0 aliphatic rings. The highest BCUT2D eigenvalue weighted by atomic mass is 35.5. The highest BCUT2D eigenvalue weighted by Crippen LogP contribution is 2.45. The Morgan fingerprint density at radius 3 is 1.28 bits per heavy atom. The van der Waals surface area contributed by atoms with Crippen LogP contribution in [0.5, 0.6) is 0 Å². The van der Waals surface area contributed by atoms with Crippen LogP contribution in [0, 0.1) is 58.2 Å². The maximum Gasteiger partial charge on any atom is 0.505 e. The molecule has 0 aliphatic carbocycles. The van der Waals surface area contributed by atoms with Gasteiger partial charge in [0.1, 0.15) is 11.4 Å². The number of para-hydroxylation sites is 1. The first-order valence-corrected chi connectivity index (χ1v) is 11.6. The van der Waals surface area contributed by atoms with Crippen LogP contribution < -0.4 is 4.90 Å². The number of nitrogens with zero attached hydrogens (tertiary/aromatic N) is 1. The summed E-state index contributed by atoms with van der Waals surface area (Å²) < 4.78 is 141. The van der Waals surface area contributed by atoms with Crippen molar-refractivity contribution in [3.8, 4) is 0 Å². The number of halogens is 11. The summed E-state index contributed by atoms with van der Waals surface area (Å²) in [6, 6.07) is 4.69. The van der Waals surface area contributed by atoms with Crippen molar-refractivity contribution in [3.05, 3.63) is 88.0 Å². The topological polar surface area (TPSA) is 3.24 Å². The van der Waals surface area contributed by atoms with Gasteiger partial charge in [-0.2, -0.15) is 0 Å². The highest BCUT2D eigenvalue weighted by molar-refractivity contribution is 6.93. The first-order valence-electron chi connectivity index (χ1n) is 8.51. The summed E-state index contributed by atoms with van der Waals surface area (Å²) in [4.78, 5) is -0.233. The summed E-state index contributed by atoms with van der Waals surface area (Å²) in [7, 11) is 5.76. The van der Waals surface area contributed by atoms with Gasteiger partial charge in [0, 0.05) is 5.69 Å². The average Bonchev–Trinajstić information content (AvgIpc) is 2.78. The molecule has 0 N–H and O–H groups in total. The van der Waals surface area contributed by atoms with Crippen molar-refractivity contribution in [2.24, 2.45) is 0 Å². The molecule has 3 aromatic rings. The molecule has 0 saturated heterocycles. The van der Waals surface area contributed by atoms with Crippen LogP contribution in [-0.2, 0) is 4.55 Å². The van der Waals surface area contributed by atoms with Gasteiger partial charge in [0.25, 0.3) is 0 Å². The van der Waals surface area contributed by atoms with Crippen LogP contribution >= 0.6 is 9.07 Å². The minimum absolute atomic E-state index is 0.00190. The van der Waals surface area contributed by atoms with Crippen LogP contribution in [0.25, 0.3) is 0 Å². The second-order valence-corrected chi connectivity index (χ2v) is 8.25. The molecule has 0 spiro atoms. The minimum Gasteiger partial charge on any atom is -0.345 e. The second kappa shape index (κ2) is 9.36. The van der Waals surface area contributed by atoms with E-state index in [1.807, 2.05) is 0 Å². The van der Waals surface area contributed by atoms with E-state index in [9.17, 15) is 43.9 Å². The van der Waals surface area contributed by atoms with Gasteiger partial charge >= 0.3 is 19.3 Å². The van der Waals surface area contributed by atoms with E-state index in [0.29, 0.717) is 0 Å². The van der Waals surface area contributed by atoms with Gasteiger partial charge in [-0.3, -0.25) is 4.90 Å². The third-order valence-corrected chi connectivity index (χ3v) is 5.71.